The standard InChI is InChI=1S/C10H12ClN3O2S2/c1-10(7(16)3-15)5-18-9(14-10)6-4-17-8(13-6)2-12-11/h4,12,15H,2-3,5H2,1H3. The number of hydrogen-bond donors (Lipinski definition) is 2. The summed E-state index contributed by atoms with van der Waals surface area (Å²) in [6.07, 6.45) is 0. The molecule has 2 rings (SSSR count). The number of nitrogens with one attached hydrogen (secondary N) is 1. The van der Waals surface area contributed by atoms with E-state index >= 15 is 0 Å². The van der Waals surface area contributed by atoms with Gasteiger partial charge in [0.05, 0.1) is 6.54 Å². The number of aliphatic hydroxyl groups excluding tert-OH is 1. The Hall–Kier alpha value is -0.470. The van der Waals surface area contributed by atoms with Crippen molar-refractivity contribution in [3.8, 4) is 0 Å². The Labute approximate surface area is 118 Å². The molecule has 0 fully saturated rings. The predicted molar refractivity (Wildman–Crippen MR) is 74.3 cm³/mol. The fourth-order valence-corrected chi connectivity index (χ4v) is 3.65. The van der Waals surface area contributed by atoms with Crippen molar-refractivity contribution in [1.29, 1.82) is 0 Å². The summed E-state index contributed by atoms with van der Waals surface area (Å²) in [7, 11) is 0. The van der Waals surface area contributed by atoms with Crippen molar-refractivity contribution >= 4 is 45.7 Å². The van der Waals surface area contributed by atoms with Crippen LogP contribution in [0.1, 0.15) is 17.6 Å². The minimum Gasteiger partial charge on any atom is -0.388 e. The van der Waals surface area contributed by atoms with Gasteiger partial charge in [0.2, 0.25) is 0 Å². The molecule has 0 amide bonds. The first-order valence-electron chi connectivity index (χ1n) is 5.24. The monoisotopic (exact) mass is 305 g/mol. The van der Waals surface area contributed by atoms with E-state index in [9.17, 15) is 4.79 Å². The number of aliphatic hydroxyl groups is 1. The van der Waals surface area contributed by atoms with Crippen molar-refractivity contribution in [3.63, 3.8) is 0 Å². The summed E-state index contributed by atoms with van der Waals surface area (Å²) >= 11 is 8.39. The Bertz CT molecular complexity index is 491. The van der Waals surface area contributed by atoms with Crippen LogP contribution in [0.25, 0.3) is 0 Å². The number of rotatable bonds is 5. The molecule has 1 aliphatic rings. The number of ketones is 1. The highest BCUT2D eigenvalue weighted by atomic mass is 35.5. The zero-order valence-electron chi connectivity index (χ0n) is 9.64. The number of hydrogen-bond acceptors (Lipinski definition) is 7. The zero-order valence-corrected chi connectivity index (χ0v) is 12.0. The van der Waals surface area contributed by atoms with E-state index in [4.69, 9.17) is 16.9 Å². The molecule has 0 aromatic carbocycles. The van der Waals surface area contributed by atoms with Crippen molar-refractivity contribution in [2.45, 2.75) is 19.0 Å². The molecule has 1 aromatic heterocycles. The van der Waals surface area contributed by atoms with Crippen LogP contribution in [0, 0.1) is 0 Å². The summed E-state index contributed by atoms with van der Waals surface area (Å²) in [6.45, 7) is 1.75. The van der Waals surface area contributed by atoms with Gasteiger partial charge in [0.15, 0.2) is 5.78 Å². The van der Waals surface area contributed by atoms with Gasteiger partial charge in [0.25, 0.3) is 0 Å². The Kier molecular flexibility index (Phi) is 4.39. The highest BCUT2D eigenvalue weighted by molar-refractivity contribution is 8.14. The number of carbonyl (C=O) groups excluding carboxylic acids is 1. The number of carbonyl (C=O) groups is 1. The SMILES string of the molecule is CC1(C(=O)CO)CSC(c2csc(CNCl)n2)=N1. The molecule has 0 saturated carbocycles. The molecule has 18 heavy (non-hydrogen) atoms. The number of aromatic nitrogens is 1. The van der Waals surface area contributed by atoms with Crippen LogP contribution in [-0.4, -0.2) is 38.8 Å². The average molecular weight is 306 g/mol. The van der Waals surface area contributed by atoms with E-state index in [0.717, 1.165) is 15.7 Å². The van der Waals surface area contributed by atoms with E-state index in [-0.39, 0.29) is 5.78 Å². The molecule has 2 N–H and O–H groups in total. The van der Waals surface area contributed by atoms with Crippen molar-refractivity contribution in [2.24, 2.45) is 4.99 Å². The van der Waals surface area contributed by atoms with Crippen molar-refractivity contribution < 1.29 is 9.90 Å². The lowest BCUT2D eigenvalue weighted by Crippen LogP contribution is -2.36. The van der Waals surface area contributed by atoms with Gasteiger partial charge in [-0.15, -0.1) is 23.1 Å². The largest absolute Gasteiger partial charge is 0.388 e. The van der Waals surface area contributed by atoms with Crippen LogP contribution >= 0.6 is 34.9 Å². The summed E-state index contributed by atoms with van der Waals surface area (Å²) in [5, 5.41) is 12.4. The molecule has 1 aliphatic heterocycles. The molecule has 0 saturated heterocycles. The molecule has 2 heterocycles. The summed E-state index contributed by atoms with van der Waals surface area (Å²) in [4.78, 5) is 22.9. The van der Waals surface area contributed by atoms with Crippen LogP contribution in [0.2, 0.25) is 0 Å². The normalized spacial score (nSPS) is 23.2. The third-order valence-electron chi connectivity index (χ3n) is 2.57. The smallest absolute Gasteiger partial charge is 0.186 e. The number of aliphatic imine (C=N–C) groups is 1. The zero-order chi connectivity index (χ0) is 13.2. The first-order valence-corrected chi connectivity index (χ1v) is 7.48. The van der Waals surface area contributed by atoms with Crippen molar-refractivity contribution in [3.05, 3.63) is 16.1 Å². The van der Waals surface area contributed by atoms with E-state index < -0.39 is 12.1 Å². The fraction of sp³-hybridized carbons (Fsp3) is 0.500. The quantitative estimate of drug-likeness (QED) is 0.800. The van der Waals surface area contributed by atoms with Gasteiger partial charge in [0, 0.05) is 11.1 Å². The van der Waals surface area contributed by atoms with E-state index in [2.05, 4.69) is 14.8 Å². The molecule has 1 atom stereocenters. The Balaban J connectivity index is 2.19. The Morgan fingerprint density at radius 3 is 3.17 bits per heavy atom. The molecule has 1 aromatic rings. The maximum atomic E-state index is 11.6. The summed E-state index contributed by atoms with van der Waals surface area (Å²) in [5.74, 6) is 0.283. The van der Waals surface area contributed by atoms with Crippen molar-refractivity contribution in [2.75, 3.05) is 12.4 Å². The second-order valence-corrected chi connectivity index (χ2v) is 6.17. The van der Waals surface area contributed by atoms with Gasteiger partial charge in [0.1, 0.15) is 27.9 Å². The minimum atomic E-state index is -0.830. The van der Waals surface area contributed by atoms with E-state index in [0.29, 0.717) is 12.3 Å². The van der Waals surface area contributed by atoms with Crippen LogP contribution in [0.5, 0.6) is 0 Å². The average Bonchev–Trinajstić information content (AvgIpc) is 2.96. The number of nitrogens with zero attached hydrogens (tertiary/aromatic N) is 2. The van der Waals surface area contributed by atoms with Gasteiger partial charge in [-0.2, -0.15) is 0 Å². The Morgan fingerprint density at radius 1 is 1.72 bits per heavy atom. The van der Waals surface area contributed by atoms with Gasteiger partial charge < -0.3 is 5.11 Å². The second kappa shape index (κ2) is 5.66. The van der Waals surface area contributed by atoms with Crippen LogP contribution in [0.3, 0.4) is 0 Å². The van der Waals surface area contributed by atoms with Gasteiger partial charge in [-0.25, -0.2) is 9.82 Å². The minimum absolute atomic E-state index is 0.261. The number of halogens is 1. The molecular formula is C10H12ClN3O2S2. The number of thioether (sulfide) groups is 1. The lowest BCUT2D eigenvalue weighted by Gasteiger charge is -2.15. The topological polar surface area (TPSA) is 74.6 Å². The molecule has 5 nitrogen and oxygen atoms in total. The highest BCUT2D eigenvalue weighted by Crippen LogP contribution is 2.31. The molecule has 1 unspecified atom stereocenters. The van der Waals surface area contributed by atoms with Gasteiger partial charge in [-0.3, -0.25) is 9.79 Å². The molecular weight excluding hydrogens is 294 g/mol. The van der Waals surface area contributed by atoms with Crippen molar-refractivity contribution in [1.82, 2.24) is 9.82 Å². The lowest BCUT2D eigenvalue weighted by atomic mass is 10.0. The van der Waals surface area contributed by atoms with E-state index in [1.165, 1.54) is 23.1 Å². The lowest BCUT2D eigenvalue weighted by molar-refractivity contribution is -0.125. The molecule has 0 aliphatic carbocycles. The number of Topliss-reactive ketones (excluding diaryl/α,β-unsaturated/α-hetero) is 1. The van der Waals surface area contributed by atoms with E-state index in [1.807, 2.05) is 5.38 Å². The first-order chi connectivity index (χ1) is 8.59. The van der Waals surface area contributed by atoms with Crippen LogP contribution < -0.4 is 4.84 Å². The molecule has 98 valence electrons. The maximum Gasteiger partial charge on any atom is 0.186 e. The van der Waals surface area contributed by atoms with E-state index in [1.54, 1.807) is 6.92 Å². The molecule has 8 heteroatoms. The molecule has 0 spiro atoms. The predicted octanol–water partition coefficient (Wildman–Crippen LogP) is 1.20. The summed E-state index contributed by atoms with van der Waals surface area (Å²) in [5.41, 5.74) is -0.0649. The second-order valence-electron chi connectivity index (χ2n) is 4.00. The molecule has 0 radical (unpaired) electrons. The molecule has 0 bridgehead atoms. The van der Waals surface area contributed by atoms with Gasteiger partial charge in [-0.05, 0) is 18.7 Å². The fourth-order valence-electron chi connectivity index (χ4n) is 1.49. The first kappa shape index (κ1) is 14.0. The van der Waals surface area contributed by atoms with Gasteiger partial charge >= 0.3 is 0 Å². The van der Waals surface area contributed by atoms with Crippen LogP contribution in [-0.2, 0) is 11.3 Å². The third-order valence-corrected chi connectivity index (χ3v) is 4.83. The third kappa shape index (κ3) is 2.75. The summed E-state index contributed by atoms with van der Waals surface area (Å²) in [6, 6.07) is 0. The van der Waals surface area contributed by atoms with Crippen LogP contribution in [0.15, 0.2) is 10.4 Å². The highest BCUT2D eigenvalue weighted by Gasteiger charge is 2.38. The maximum absolute atomic E-state index is 11.6. The summed E-state index contributed by atoms with van der Waals surface area (Å²) < 4.78 is 0. The van der Waals surface area contributed by atoms with Gasteiger partial charge in [-0.1, -0.05) is 0 Å². The van der Waals surface area contributed by atoms with Crippen LogP contribution in [0.4, 0.5) is 0 Å². The Morgan fingerprint density at radius 2 is 2.50 bits per heavy atom. The number of thiazole rings is 1.